The van der Waals surface area contributed by atoms with Crippen LogP contribution in [-0.2, 0) is 4.84 Å². The van der Waals surface area contributed by atoms with Crippen molar-refractivity contribution in [3.05, 3.63) is 0 Å². The Kier molecular flexibility index (Phi) is 1.35. The lowest BCUT2D eigenvalue weighted by Crippen LogP contribution is -2.26. The maximum atomic E-state index is 5.45. The van der Waals surface area contributed by atoms with E-state index in [1.54, 1.807) is 0 Å². The van der Waals surface area contributed by atoms with Gasteiger partial charge in [0.1, 0.15) is 6.10 Å². The minimum absolute atomic E-state index is 0.263. The van der Waals surface area contributed by atoms with E-state index in [1.165, 1.54) is 0 Å². The van der Waals surface area contributed by atoms with Gasteiger partial charge in [-0.15, -0.1) is 0 Å². The largest absolute Gasteiger partial charge is 0.390 e. The number of nitrogens with two attached hydrogens (primary N) is 1. The maximum absolute atomic E-state index is 5.45. The lowest BCUT2D eigenvalue weighted by atomic mass is 10.0. The number of hydrogen-bond acceptors (Lipinski definition) is 4. The average Bonchev–Trinajstić information content (AvgIpc) is 2.44. The molecule has 2 aliphatic heterocycles. The zero-order valence-electron chi connectivity index (χ0n) is 5.71. The molecule has 4 nitrogen and oxygen atoms in total. The number of hydrogen-bond donors (Lipinski definition) is 2. The smallest absolute Gasteiger partial charge is 0.149 e. The zero-order chi connectivity index (χ0) is 6.97. The van der Waals surface area contributed by atoms with Gasteiger partial charge in [-0.2, -0.15) is 0 Å². The third-order valence-corrected chi connectivity index (χ3v) is 2.10. The van der Waals surface area contributed by atoms with Gasteiger partial charge in [0.2, 0.25) is 0 Å². The third kappa shape index (κ3) is 0.726. The predicted octanol–water partition coefficient (Wildman–Crippen LogP) is -1.08. The van der Waals surface area contributed by atoms with E-state index in [-0.39, 0.29) is 6.10 Å². The van der Waals surface area contributed by atoms with Crippen molar-refractivity contribution in [1.29, 1.82) is 0 Å². The highest BCUT2D eigenvalue weighted by atomic mass is 16.6. The number of fused-ring (bicyclic) bond motifs is 1. The molecule has 2 unspecified atom stereocenters. The highest BCUT2D eigenvalue weighted by Gasteiger charge is 2.36. The van der Waals surface area contributed by atoms with Crippen LogP contribution in [0.5, 0.6) is 0 Å². The summed E-state index contributed by atoms with van der Waals surface area (Å²) in [6.07, 6.45) is 0.263. The highest BCUT2D eigenvalue weighted by Crippen LogP contribution is 2.20. The summed E-state index contributed by atoms with van der Waals surface area (Å²) in [6.45, 7) is 2.42. The molecule has 0 radical (unpaired) electrons. The second kappa shape index (κ2) is 2.21. The van der Waals surface area contributed by atoms with Gasteiger partial charge in [-0.1, -0.05) is 5.16 Å². The van der Waals surface area contributed by atoms with Gasteiger partial charge >= 0.3 is 0 Å². The molecule has 1 fully saturated rings. The first-order valence-electron chi connectivity index (χ1n) is 3.55. The first kappa shape index (κ1) is 6.12. The molecule has 3 N–H and O–H groups in total. The van der Waals surface area contributed by atoms with Gasteiger partial charge in [0.25, 0.3) is 0 Å². The van der Waals surface area contributed by atoms with Crippen LogP contribution in [0.25, 0.3) is 0 Å². The SMILES string of the molecule is NCC1=NOC2CNCC12. The first-order chi connectivity index (χ1) is 4.92. The summed E-state index contributed by atoms with van der Waals surface area (Å²) in [5.41, 5.74) is 6.46. The summed E-state index contributed by atoms with van der Waals surface area (Å²) in [6, 6.07) is 0. The van der Waals surface area contributed by atoms with Crippen molar-refractivity contribution in [2.24, 2.45) is 16.8 Å². The minimum Gasteiger partial charge on any atom is -0.390 e. The molecule has 2 atom stereocenters. The van der Waals surface area contributed by atoms with Crippen molar-refractivity contribution >= 4 is 5.71 Å². The van der Waals surface area contributed by atoms with Gasteiger partial charge < -0.3 is 15.9 Å². The van der Waals surface area contributed by atoms with Crippen LogP contribution in [0.3, 0.4) is 0 Å². The number of nitrogens with one attached hydrogen (secondary N) is 1. The van der Waals surface area contributed by atoms with Crippen LogP contribution in [-0.4, -0.2) is 31.4 Å². The topological polar surface area (TPSA) is 59.6 Å². The molecule has 56 valence electrons. The van der Waals surface area contributed by atoms with Crippen molar-refractivity contribution in [3.63, 3.8) is 0 Å². The van der Waals surface area contributed by atoms with Gasteiger partial charge in [-0.25, -0.2) is 0 Å². The molecule has 2 rings (SSSR count). The lowest BCUT2D eigenvalue weighted by Gasteiger charge is -2.04. The molecule has 2 heterocycles. The number of oxime groups is 1. The molecule has 2 aliphatic rings. The van der Waals surface area contributed by atoms with E-state index in [9.17, 15) is 0 Å². The van der Waals surface area contributed by atoms with Crippen molar-refractivity contribution in [2.45, 2.75) is 6.10 Å². The van der Waals surface area contributed by atoms with Crippen LogP contribution < -0.4 is 11.1 Å². The van der Waals surface area contributed by atoms with Crippen molar-refractivity contribution in [1.82, 2.24) is 5.32 Å². The summed E-state index contributed by atoms with van der Waals surface area (Å²) in [4.78, 5) is 5.13. The molecule has 0 aromatic heterocycles. The molecular weight excluding hydrogens is 130 g/mol. The van der Waals surface area contributed by atoms with Crippen molar-refractivity contribution < 1.29 is 4.84 Å². The van der Waals surface area contributed by atoms with Crippen LogP contribution in [0.4, 0.5) is 0 Å². The third-order valence-electron chi connectivity index (χ3n) is 2.10. The maximum Gasteiger partial charge on any atom is 0.149 e. The van der Waals surface area contributed by atoms with Crippen molar-refractivity contribution in [3.8, 4) is 0 Å². The quantitative estimate of drug-likeness (QED) is 0.488. The Bertz CT molecular complexity index is 168. The fourth-order valence-electron chi connectivity index (χ4n) is 1.49. The Morgan fingerprint density at radius 2 is 2.60 bits per heavy atom. The number of nitrogens with zero attached hydrogens (tertiary/aromatic N) is 1. The monoisotopic (exact) mass is 141 g/mol. The Morgan fingerprint density at radius 1 is 1.70 bits per heavy atom. The second-order valence-corrected chi connectivity index (χ2v) is 2.70. The Morgan fingerprint density at radius 3 is 3.40 bits per heavy atom. The first-order valence-corrected chi connectivity index (χ1v) is 3.55. The minimum atomic E-state index is 0.263. The number of rotatable bonds is 1. The van der Waals surface area contributed by atoms with E-state index < -0.39 is 0 Å². The second-order valence-electron chi connectivity index (χ2n) is 2.70. The summed E-state index contributed by atoms with van der Waals surface area (Å²) in [7, 11) is 0. The van der Waals surface area contributed by atoms with E-state index in [4.69, 9.17) is 10.6 Å². The molecule has 1 saturated heterocycles. The molecule has 0 saturated carbocycles. The Labute approximate surface area is 59.4 Å². The van der Waals surface area contributed by atoms with Crippen LogP contribution in [0.1, 0.15) is 0 Å². The van der Waals surface area contributed by atoms with Crippen LogP contribution in [0.2, 0.25) is 0 Å². The van der Waals surface area contributed by atoms with Crippen LogP contribution >= 0.6 is 0 Å². The predicted molar refractivity (Wildman–Crippen MR) is 37.7 cm³/mol. The molecular formula is C6H11N3O. The van der Waals surface area contributed by atoms with Crippen LogP contribution in [0, 0.1) is 5.92 Å². The van der Waals surface area contributed by atoms with Gasteiger partial charge in [0, 0.05) is 19.6 Å². The van der Waals surface area contributed by atoms with E-state index >= 15 is 0 Å². The standard InChI is InChI=1S/C6H11N3O/c7-1-5-4-2-8-3-6(4)10-9-5/h4,6,8H,1-3,7H2. The zero-order valence-corrected chi connectivity index (χ0v) is 5.71. The molecule has 0 aliphatic carbocycles. The van der Waals surface area contributed by atoms with E-state index in [1.807, 2.05) is 0 Å². The summed E-state index contributed by atoms with van der Waals surface area (Å²) in [5, 5.41) is 7.12. The van der Waals surface area contributed by atoms with E-state index in [2.05, 4.69) is 10.5 Å². The summed E-state index contributed by atoms with van der Waals surface area (Å²) in [5.74, 6) is 0.449. The van der Waals surface area contributed by atoms with E-state index in [0.29, 0.717) is 12.5 Å². The Balaban J connectivity index is 2.10. The molecule has 0 aromatic rings. The fraction of sp³-hybridized carbons (Fsp3) is 0.833. The average molecular weight is 141 g/mol. The fourth-order valence-corrected chi connectivity index (χ4v) is 1.49. The summed E-state index contributed by atoms with van der Waals surface area (Å²) >= 11 is 0. The van der Waals surface area contributed by atoms with Crippen LogP contribution in [0.15, 0.2) is 5.16 Å². The van der Waals surface area contributed by atoms with Crippen molar-refractivity contribution in [2.75, 3.05) is 19.6 Å². The Hall–Kier alpha value is -0.610. The highest BCUT2D eigenvalue weighted by molar-refractivity contribution is 5.90. The van der Waals surface area contributed by atoms with Gasteiger partial charge in [-0.3, -0.25) is 0 Å². The van der Waals surface area contributed by atoms with Gasteiger partial charge in [-0.05, 0) is 0 Å². The molecule has 0 spiro atoms. The summed E-state index contributed by atoms with van der Waals surface area (Å²) < 4.78 is 0. The van der Waals surface area contributed by atoms with E-state index in [0.717, 1.165) is 18.8 Å². The van der Waals surface area contributed by atoms with Gasteiger partial charge in [0.05, 0.1) is 11.6 Å². The van der Waals surface area contributed by atoms with Gasteiger partial charge in [0.15, 0.2) is 0 Å². The molecule has 10 heavy (non-hydrogen) atoms. The molecule has 0 aromatic carbocycles. The normalized spacial score (nSPS) is 37.1. The molecule has 0 bridgehead atoms. The lowest BCUT2D eigenvalue weighted by molar-refractivity contribution is 0.0841. The molecule has 0 amide bonds. The molecule has 4 heteroatoms.